The Morgan fingerprint density at radius 3 is 2.87 bits per heavy atom. The molecule has 0 atom stereocenters. The molecule has 0 bridgehead atoms. The summed E-state index contributed by atoms with van der Waals surface area (Å²) in [5, 5.41) is 11.4. The summed E-state index contributed by atoms with van der Waals surface area (Å²) >= 11 is 7.12. The van der Waals surface area contributed by atoms with E-state index in [1.165, 1.54) is 11.3 Å². The highest BCUT2D eigenvalue weighted by Crippen LogP contribution is 2.19. The summed E-state index contributed by atoms with van der Waals surface area (Å²) in [6.07, 6.45) is 1.63. The van der Waals surface area contributed by atoms with Gasteiger partial charge >= 0.3 is 0 Å². The SMILES string of the molecule is O=S(=O)(NCc1cn(-c2ccsc2)nn1)c1ccc(F)c(Cl)c1. The molecule has 0 radical (unpaired) electrons. The van der Waals surface area contributed by atoms with Crippen LogP contribution in [0.4, 0.5) is 4.39 Å². The number of sulfonamides is 1. The third-order valence-electron chi connectivity index (χ3n) is 2.96. The summed E-state index contributed by atoms with van der Waals surface area (Å²) in [5.41, 5.74) is 1.30. The first kappa shape index (κ1) is 16.1. The maximum absolute atomic E-state index is 13.1. The predicted octanol–water partition coefficient (Wildman–Crippen LogP) is 2.60. The summed E-state index contributed by atoms with van der Waals surface area (Å²) in [5.74, 6) is -0.677. The Hall–Kier alpha value is -1.81. The molecule has 0 aliphatic carbocycles. The van der Waals surface area contributed by atoms with Gasteiger partial charge in [0.05, 0.1) is 34.0 Å². The maximum Gasteiger partial charge on any atom is 0.240 e. The molecule has 1 N–H and O–H groups in total. The number of nitrogens with zero attached hydrogens (tertiary/aromatic N) is 3. The van der Waals surface area contributed by atoms with E-state index in [1.807, 2.05) is 16.8 Å². The standard InChI is InChI=1S/C13H10ClFN4O2S2/c14-12-5-11(1-2-13(12)15)23(20,21)16-6-9-7-19(18-17-9)10-3-4-22-8-10/h1-5,7-8,16H,6H2. The average molecular weight is 373 g/mol. The van der Waals surface area contributed by atoms with E-state index in [1.54, 1.807) is 10.9 Å². The lowest BCUT2D eigenvalue weighted by Gasteiger charge is -2.05. The van der Waals surface area contributed by atoms with E-state index in [-0.39, 0.29) is 16.5 Å². The van der Waals surface area contributed by atoms with Crippen molar-refractivity contribution in [1.29, 1.82) is 0 Å². The van der Waals surface area contributed by atoms with Crippen molar-refractivity contribution < 1.29 is 12.8 Å². The first-order chi connectivity index (χ1) is 11.0. The molecule has 0 aliphatic heterocycles. The molecule has 6 nitrogen and oxygen atoms in total. The first-order valence-electron chi connectivity index (χ1n) is 6.34. The molecule has 0 saturated heterocycles. The van der Waals surface area contributed by atoms with E-state index in [4.69, 9.17) is 11.6 Å². The van der Waals surface area contributed by atoms with E-state index < -0.39 is 15.8 Å². The lowest BCUT2D eigenvalue weighted by atomic mass is 10.3. The van der Waals surface area contributed by atoms with Gasteiger partial charge in [0.15, 0.2) is 0 Å². The van der Waals surface area contributed by atoms with Crippen molar-refractivity contribution in [3.63, 3.8) is 0 Å². The molecule has 120 valence electrons. The van der Waals surface area contributed by atoms with Crippen LogP contribution in [-0.2, 0) is 16.6 Å². The molecular weight excluding hydrogens is 363 g/mol. The van der Waals surface area contributed by atoms with Gasteiger partial charge in [-0.2, -0.15) is 11.3 Å². The minimum atomic E-state index is -3.82. The molecule has 1 aromatic carbocycles. The zero-order valence-corrected chi connectivity index (χ0v) is 13.9. The average Bonchev–Trinajstić information content (AvgIpc) is 3.18. The maximum atomic E-state index is 13.1. The number of halogens is 2. The molecule has 0 amide bonds. The second-order valence-corrected chi connectivity index (χ2v) is 7.49. The molecule has 2 aromatic heterocycles. The highest BCUT2D eigenvalue weighted by atomic mass is 35.5. The fraction of sp³-hybridized carbons (Fsp3) is 0.0769. The normalized spacial score (nSPS) is 11.7. The predicted molar refractivity (Wildman–Crippen MR) is 84.7 cm³/mol. The Bertz CT molecular complexity index is 925. The van der Waals surface area contributed by atoms with Crippen molar-refractivity contribution in [2.24, 2.45) is 0 Å². The van der Waals surface area contributed by atoms with Crippen molar-refractivity contribution in [1.82, 2.24) is 19.7 Å². The fourth-order valence-electron chi connectivity index (χ4n) is 1.79. The molecule has 3 rings (SSSR count). The lowest BCUT2D eigenvalue weighted by molar-refractivity contribution is 0.579. The van der Waals surface area contributed by atoms with Gasteiger partial charge in [-0.05, 0) is 29.6 Å². The van der Waals surface area contributed by atoms with Crippen LogP contribution in [0.1, 0.15) is 5.69 Å². The molecule has 3 aromatic rings. The second kappa shape index (κ2) is 6.36. The van der Waals surface area contributed by atoms with E-state index in [0.717, 1.165) is 23.9 Å². The van der Waals surface area contributed by atoms with E-state index in [2.05, 4.69) is 15.0 Å². The highest BCUT2D eigenvalue weighted by molar-refractivity contribution is 7.89. The van der Waals surface area contributed by atoms with E-state index in [0.29, 0.717) is 5.69 Å². The number of rotatable bonds is 5. The highest BCUT2D eigenvalue weighted by Gasteiger charge is 2.16. The van der Waals surface area contributed by atoms with Crippen LogP contribution in [0.25, 0.3) is 5.69 Å². The van der Waals surface area contributed by atoms with Gasteiger partial charge in [0.25, 0.3) is 0 Å². The minimum Gasteiger partial charge on any atom is -0.220 e. The van der Waals surface area contributed by atoms with Crippen LogP contribution in [-0.4, -0.2) is 23.4 Å². The number of benzene rings is 1. The molecule has 0 unspecified atom stereocenters. The van der Waals surface area contributed by atoms with Gasteiger partial charge in [-0.25, -0.2) is 22.2 Å². The summed E-state index contributed by atoms with van der Waals surface area (Å²) < 4.78 is 41.4. The number of nitrogens with one attached hydrogen (secondary N) is 1. The van der Waals surface area contributed by atoms with Crippen LogP contribution in [0.15, 0.2) is 46.1 Å². The van der Waals surface area contributed by atoms with Crippen molar-refractivity contribution in [2.75, 3.05) is 0 Å². The zero-order valence-electron chi connectivity index (χ0n) is 11.5. The Morgan fingerprint density at radius 2 is 2.17 bits per heavy atom. The molecule has 23 heavy (non-hydrogen) atoms. The number of thiophene rings is 1. The number of aromatic nitrogens is 3. The first-order valence-corrected chi connectivity index (χ1v) is 9.14. The summed E-state index contributed by atoms with van der Waals surface area (Å²) in [7, 11) is -3.82. The second-order valence-electron chi connectivity index (χ2n) is 4.54. The van der Waals surface area contributed by atoms with Crippen LogP contribution < -0.4 is 4.72 Å². The molecule has 0 fully saturated rings. The third kappa shape index (κ3) is 3.58. The topological polar surface area (TPSA) is 76.9 Å². The van der Waals surface area contributed by atoms with Crippen molar-refractivity contribution in [2.45, 2.75) is 11.4 Å². The van der Waals surface area contributed by atoms with Crippen LogP contribution >= 0.6 is 22.9 Å². The minimum absolute atomic E-state index is 0.0402. The molecular formula is C13H10ClFN4O2S2. The van der Waals surface area contributed by atoms with E-state index in [9.17, 15) is 12.8 Å². The monoisotopic (exact) mass is 372 g/mol. The lowest BCUT2D eigenvalue weighted by Crippen LogP contribution is -2.23. The van der Waals surface area contributed by atoms with Gasteiger partial charge in [0.2, 0.25) is 10.0 Å². The van der Waals surface area contributed by atoms with Gasteiger partial charge in [-0.15, -0.1) is 5.10 Å². The Morgan fingerprint density at radius 1 is 1.35 bits per heavy atom. The molecule has 0 saturated carbocycles. The molecule has 0 spiro atoms. The number of hydrogen-bond acceptors (Lipinski definition) is 5. The van der Waals surface area contributed by atoms with Crippen molar-refractivity contribution in [3.05, 3.63) is 57.8 Å². The van der Waals surface area contributed by atoms with Crippen LogP contribution in [0.3, 0.4) is 0 Å². The summed E-state index contributed by atoms with van der Waals surface area (Å²) in [4.78, 5) is -0.117. The summed E-state index contributed by atoms with van der Waals surface area (Å²) in [6.45, 7) is -0.0402. The Kier molecular flexibility index (Phi) is 4.44. The van der Waals surface area contributed by atoms with Gasteiger partial charge in [-0.3, -0.25) is 0 Å². The van der Waals surface area contributed by atoms with Gasteiger partial charge in [0.1, 0.15) is 5.82 Å². The molecule has 0 aliphatic rings. The van der Waals surface area contributed by atoms with Crippen LogP contribution in [0.5, 0.6) is 0 Å². The van der Waals surface area contributed by atoms with Gasteiger partial charge in [-0.1, -0.05) is 16.8 Å². The largest absolute Gasteiger partial charge is 0.240 e. The van der Waals surface area contributed by atoms with Crippen LogP contribution in [0, 0.1) is 5.82 Å². The fourth-order valence-corrected chi connectivity index (χ4v) is 3.68. The zero-order chi connectivity index (χ0) is 16.4. The van der Waals surface area contributed by atoms with E-state index >= 15 is 0 Å². The summed E-state index contributed by atoms with van der Waals surface area (Å²) in [6, 6.07) is 5.07. The Labute approximate surface area is 140 Å². The quantitative estimate of drug-likeness (QED) is 0.746. The molecule has 2 heterocycles. The van der Waals surface area contributed by atoms with Gasteiger partial charge in [0, 0.05) is 5.38 Å². The van der Waals surface area contributed by atoms with Crippen LogP contribution in [0.2, 0.25) is 5.02 Å². The van der Waals surface area contributed by atoms with Crippen molar-refractivity contribution in [3.8, 4) is 5.69 Å². The molecule has 10 heteroatoms. The Balaban J connectivity index is 1.73. The number of hydrogen-bond donors (Lipinski definition) is 1. The van der Waals surface area contributed by atoms with Gasteiger partial charge < -0.3 is 0 Å². The smallest absolute Gasteiger partial charge is 0.220 e. The van der Waals surface area contributed by atoms with Crippen molar-refractivity contribution >= 4 is 33.0 Å². The third-order valence-corrected chi connectivity index (χ3v) is 5.32.